The summed E-state index contributed by atoms with van der Waals surface area (Å²) in [7, 11) is 0. The molecule has 16 heavy (non-hydrogen) atoms. The average molecular weight is 284 g/mol. The lowest BCUT2D eigenvalue weighted by atomic mass is 10.2. The first kappa shape index (κ1) is 11.5. The summed E-state index contributed by atoms with van der Waals surface area (Å²) in [5.41, 5.74) is 0.580. The smallest absolute Gasteiger partial charge is 0.251 e. The maximum atomic E-state index is 11.9. The van der Waals surface area contributed by atoms with Crippen molar-refractivity contribution < 1.29 is 9.90 Å². The third kappa shape index (κ3) is 2.55. The molecule has 0 radical (unpaired) electrons. The van der Waals surface area contributed by atoms with Crippen LogP contribution in [0.5, 0.6) is 5.75 Å². The number of phenolic OH excluding ortho intramolecular Hbond substituents is 1. The largest absolute Gasteiger partial charge is 0.507 e. The molecule has 2 N–H and O–H groups in total. The van der Waals surface area contributed by atoms with Crippen LogP contribution in [-0.2, 0) is 0 Å². The zero-order chi connectivity index (χ0) is 11.5. The Morgan fingerprint density at radius 2 is 2.06 bits per heavy atom. The minimum atomic E-state index is -0.0624. The second-order valence-corrected chi connectivity index (χ2v) is 4.98. The minimum absolute atomic E-state index is 0.0624. The van der Waals surface area contributed by atoms with E-state index in [0.29, 0.717) is 16.1 Å². The fourth-order valence-electron chi connectivity index (χ4n) is 1.99. The van der Waals surface area contributed by atoms with Gasteiger partial charge in [-0.1, -0.05) is 12.8 Å². The van der Waals surface area contributed by atoms with E-state index in [1.54, 1.807) is 12.1 Å². The summed E-state index contributed by atoms with van der Waals surface area (Å²) in [5.74, 6) is 0.0880. The SMILES string of the molecule is O=C(NC1CCCC1)c1ccc(O)c(Br)c1. The lowest BCUT2D eigenvalue weighted by Gasteiger charge is -2.12. The summed E-state index contributed by atoms with van der Waals surface area (Å²) in [6, 6.07) is 5.11. The van der Waals surface area contributed by atoms with Gasteiger partial charge in [0, 0.05) is 11.6 Å². The van der Waals surface area contributed by atoms with Gasteiger partial charge >= 0.3 is 0 Å². The maximum absolute atomic E-state index is 11.9. The van der Waals surface area contributed by atoms with Crippen LogP contribution in [0.3, 0.4) is 0 Å². The molecular weight excluding hydrogens is 270 g/mol. The van der Waals surface area contributed by atoms with Gasteiger partial charge < -0.3 is 10.4 Å². The van der Waals surface area contributed by atoms with E-state index in [-0.39, 0.29) is 11.7 Å². The molecule has 86 valence electrons. The molecule has 1 aliphatic carbocycles. The number of phenols is 1. The number of hydrogen-bond donors (Lipinski definition) is 2. The summed E-state index contributed by atoms with van der Waals surface area (Å²) in [6.07, 6.45) is 4.55. The summed E-state index contributed by atoms with van der Waals surface area (Å²) < 4.78 is 0.548. The van der Waals surface area contributed by atoms with Crippen LogP contribution >= 0.6 is 15.9 Å². The van der Waals surface area contributed by atoms with Crippen molar-refractivity contribution in [2.75, 3.05) is 0 Å². The topological polar surface area (TPSA) is 49.3 Å². The van der Waals surface area contributed by atoms with Gasteiger partial charge in [-0.15, -0.1) is 0 Å². The molecule has 1 aromatic carbocycles. The highest BCUT2D eigenvalue weighted by Crippen LogP contribution is 2.24. The Morgan fingerprint density at radius 3 is 2.69 bits per heavy atom. The van der Waals surface area contributed by atoms with Gasteiger partial charge in [0.2, 0.25) is 0 Å². The van der Waals surface area contributed by atoms with E-state index in [2.05, 4.69) is 21.2 Å². The molecule has 1 saturated carbocycles. The van der Waals surface area contributed by atoms with Gasteiger partial charge in [-0.25, -0.2) is 0 Å². The van der Waals surface area contributed by atoms with Crippen LogP contribution in [0.1, 0.15) is 36.0 Å². The predicted molar refractivity (Wildman–Crippen MR) is 65.5 cm³/mol. The highest BCUT2D eigenvalue weighted by molar-refractivity contribution is 9.10. The number of nitrogens with one attached hydrogen (secondary N) is 1. The van der Waals surface area contributed by atoms with Crippen LogP contribution < -0.4 is 5.32 Å². The van der Waals surface area contributed by atoms with E-state index < -0.39 is 0 Å². The molecule has 0 spiro atoms. The zero-order valence-electron chi connectivity index (χ0n) is 8.87. The number of amides is 1. The zero-order valence-corrected chi connectivity index (χ0v) is 10.5. The fraction of sp³-hybridized carbons (Fsp3) is 0.417. The van der Waals surface area contributed by atoms with Crippen LogP contribution in [-0.4, -0.2) is 17.1 Å². The van der Waals surface area contributed by atoms with E-state index in [1.165, 1.54) is 18.9 Å². The first-order valence-corrected chi connectivity index (χ1v) is 6.25. The van der Waals surface area contributed by atoms with Crippen LogP contribution in [0.25, 0.3) is 0 Å². The first-order chi connectivity index (χ1) is 7.66. The van der Waals surface area contributed by atoms with E-state index in [9.17, 15) is 9.90 Å². The third-order valence-corrected chi connectivity index (χ3v) is 3.54. The van der Waals surface area contributed by atoms with Gasteiger partial charge in [-0.3, -0.25) is 4.79 Å². The Balaban J connectivity index is 2.05. The van der Waals surface area contributed by atoms with Crippen molar-refractivity contribution in [3.63, 3.8) is 0 Å². The van der Waals surface area contributed by atoms with Crippen molar-refractivity contribution in [1.29, 1.82) is 0 Å². The normalized spacial score (nSPS) is 16.3. The molecule has 1 amide bonds. The van der Waals surface area contributed by atoms with Gasteiger partial charge in [0.15, 0.2) is 0 Å². The number of hydrogen-bond acceptors (Lipinski definition) is 2. The molecule has 1 fully saturated rings. The molecule has 2 rings (SSSR count). The number of aromatic hydroxyl groups is 1. The number of rotatable bonds is 2. The molecule has 0 unspecified atom stereocenters. The number of carbonyl (C=O) groups excluding carboxylic acids is 1. The lowest BCUT2D eigenvalue weighted by molar-refractivity contribution is 0.0938. The molecule has 1 aromatic rings. The van der Waals surface area contributed by atoms with Crippen molar-refractivity contribution >= 4 is 21.8 Å². The van der Waals surface area contributed by atoms with Gasteiger partial charge in [-0.2, -0.15) is 0 Å². The van der Waals surface area contributed by atoms with Crippen LogP contribution in [0.4, 0.5) is 0 Å². The fourth-order valence-corrected chi connectivity index (χ4v) is 2.37. The van der Waals surface area contributed by atoms with Crippen LogP contribution in [0.2, 0.25) is 0 Å². The quantitative estimate of drug-likeness (QED) is 0.877. The third-order valence-electron chi connectivity index (χ3n) is 2.90. The molecule has 0 heterocycles. The molecule has 0 bridgehead atoms. The Bertz CT molecular complexity index is 400. The summed E-state index contributed by atoms with van der Waals surface area (Å²) in [5, 5.41) is 12.3. The highest BCUT2D eigenvalue weighted by Gasteiger charge is 2.18. The van der Waals surface area contributed by atoms with Gasteiger partial charge in [0.05, 0.1) is 4.47 Å². The highest BCUT2D eigenvalue weighted by atomic mass is 79.9. The summed E-state index contributed by atoms with van der Waals surface area (Å²) in [4.78, 5) is 11.9. The van der Waals surface area contributed by atoms with Crippen molar-refractivity contribution in [2.45, 2.75) is 31.7 Å². The molecule has 1 aliphatic rings. The van der Waals surface area contributed by atoms with Gasteiger partial charge in [0.25, 0.3) is 5.91 Å². The Labute approximate surface area is 103 Å². The maximum Gasteiger partial charge on any atom is 0.251 e. The van der Waals surface area contributed by atoms with E-state index in [1.807, 2.05) is 0 Å². The average Bonchev–Trinajstić information content (AvgIpc) is 2.74. The second kappa shape index (κ2) is 4.87. The molecule has 0 aromatic heterocycles. The van der Waals surface area contributed by atoms with Crippen molar-refractivity contribution in [2.24, 2.45) is 0 Å². The Morgan fingerprint density at radius 1 is 1.38 bits per heavy atom. The Hall–Kier alpha value is -1.03. The standard InChI is InChI=1S/C12H14BrNO2/c13-10-7-8(5-6-11(10)15)12(16)14-9-3-1-2-4-9/h5-7,9,15H,1-4H2,(H,14,16). The lowest BCUT2D eigenvalue weighted by Crippen LogP contribution is -2.32. The van der Waals surface area contributed by atoms with Gasteiger partial charge in [-0.05, 0) is 47.0 Å². The second-order valence-electron chi connectivity index (χ2n) is 4.12. The summed E-state index contributed by atoms with van der Waals surface area (Å²) >= 11 is 3.20. The molecular formula is C12H14BrNO2. The van der Waals surface area contributed by atoms with E-state index in [0.717, 1.165) is 12.8 Å². The molecule has 0 atom stereocenters. The minimum Gasteiger partial charge on any atom is -0.507 e. The molecule has 0 saturated heterocycles. The molecule has 0 aliphatic heterocycles. The number of carbonyl (C=O) groups is 1. The van der Waals surface area contributed by atoms with E-state index in [4.69, 9.17) is 0 Å². The number of halogens is 1. The Kier molecular flexibility index (Phi) is 3.49. The van der Waals surface area contributed by atoms with Crippen LogP contribution in [0, 0.1) is 0 Å². The van der Waals surface area contributed by atoms with E-state index >= 15 is 0 Å². The van der Waals surface area contributed by atoms with Crippen LogP contribution in [0.15, 0.2) is 22.7 Å². The van der Waals surface area contributed by atoms with Crippen molar-refractivity contribution in [3.8, 4) is 5.75 Å². The summed E-state index contributed by atoms with van der Waals surface area (Å²) in [6.45, 7) is 0. The van der Waals surface area contributed by atoms with Crippen molar-refractivity contribution in [1.82, 2.24) is 5.32 Å². The van der Waals surface area contributed by atoms with Gasteiger partial charge in [0.1, 0.15) is 5.75 Å². The first-order valence-electron chi connectivity index (χ1n) is 5.46. The monoisotopic (exact) mass is 283 g/mol. The predicted octanol–water partition coefficient (Wildman–Crippen LogP) is 2.83. The molecule has 4 heteroatoms. The number of benzene rings is 1. The van der Waals surface area contributed by atoms with Crippen molar-refractivity contribution in [3.05, 3.63) is 28.2 Å². The molecule has 3 nitrogen and oxygen atoms in total.